The molecule has 0 bridgehead atoms. The quantitative estimate of drug-likeness (QED) is 0.847. The minimum absolute atomic E-state index is 0.0283. The molecule has 0 radical (unpaired) electrons. The van der Waals surface area contributed by atoms with E-state index >= 15 is 0 Å². The average molecular weight is 304 g/mol. The van der Waals surface area contributed by atoms with Crippen molar-refractivity contribution in [1.29, 1.82) is 0 Å². The SMILES string of the molecule is O=C1CN(C[C@H](O)CO[C@@H]2CCCc3ccccc32)CCN1. The summed E-state index contributed by atoms with van der Waals surface area (Å²) in [6.45, 7) is 2.61. The van der Waals surface area contributed by atoms with Crippen LogP contribution >= 0.6 is 0 Å². The van der Waals surface area contributed by atoms with Crippen LogP contribution in [0.1, 0.15) is 30.1 Å². The maximum absolute atomic E-state index is 11.3. The molecule has 5 nitrogen and oxygen atoms in total. The van der Waals surface area contributed by atoms with Crippen LogP contribution in [0.4, 0.5) is 0 Å². The van der Waals surface area contributed by atoms with E-state index in [1.54, 1.807) is 0 Å². The summed E-state index contributed by atoms with van der Waals surface area (Å²) in [5.41, 5.74) is 2.62. The molecule has 1 fully saturated rings. The maximum atomic E-state index is 11.3. The van der Waals surface area contributed by atoms with Gasteiger partial charge in [-0.25, -0.2) is 0 Å². The van der Waals surface area contributed by atoms with Crippen molar-refractivity contribution in [1.82, 2.24) is 10.2 Å². The standard InChI is InChI=1S/C17H24N2O3/c20-14(10-19-9-8-18-17(21)11-19)12-22-16-7-3-5-13-4-1-2-6-15(13)16/h1-2,4,6,14,16,20H,3,5,7-12H2,(H,18,21)/t14-,16+/m0/s1. The van der Waals surface area contributed by atoms with Gasteiger partial charge >= 0.3 is 0 Å². The highest BCUT2D eigenvalue weighted by Crippen LogP contribution is 2.32. The van der Waals surface area contributed by atoms with Gasteiger partial charge in [-0.3, -0.25) is 9.69 Å². The third-order valence-corrected chi connectivity index (χ3v) is 4.39. The number of nitrogens with one attached hydrogen (secondary N) is 1. The first-order valence-electron chi connectivity index (χ1n) is 8.09. The van der Waals surface area contributed by atoms with E-state index in [2.05, 4.69) is 23.5 Å². The number of fused-ring (bicyclic) bond motifs is 1. The number of hydrogen-bond acceptors (Lipinski definition) is 4. The van der Waals surface area contributed by atoms with Gasteiger partial charge in [-0.1, -0.05) is 24.3 Å². The summed E-state index contributed by atoms with van der Waals surface area (Å²) < 4.78 is 5.96. The summed E-state index contributed by atoms with van der Waals surface area (Å²) in [5, 5.41) is 13.0. The van der Waals surface area contributed by atoms with Crippen LogP contribution in [-0.4, -0.2) is 54.8 Å². The largest absolute Gasteiger partial charge is 0.389 e. The fourth-order valence-corrected chi connectivity index (χ4v) is 3.31. The Balaban J connectivity index is 1.49. The molecule has 5 heteroatoms. The number of carbonyl (C=O) groups is 1. The molecule has 2 atom stereocenters. The number of nitrogens with zero attached hydrogens (tertiary/aromatic N) is 1. The molecule has 22 heavy (non-hydrogen) atoms. The van der Waals surface area contributed by atoms with Gasteiger partial charge in [-0.15, -0.1) is 0 Å². The lowest BCUT2D eigenvalue weighted by atomic mass is 9.89. The van der Waals surface area contributed by atoms with Gasteiger partial charge in [0.05, 0.1) is 25.4 Å². The first-order chi connectivity index (χ1) is 10.7. The summed E-state index contributed by atoms with van der Waals surface area (Å²) in [6.07, 6.45) is 2.78. The van der Waals surface area contributed by atoms with Crippen LogP contribution in [-0.2, 0) is 16.0 Å². The number of piperazine rings is 1. The molecule has 1 amide bonds. The number of carbonyl (C=O) groups excluding carboxylic acids is 1. The predicted octanol–water partition coefficient (Wildman–Crippen LogP) is 0.873. The highest BCUT2D eigenvalue weighted by Gasteiger charge is 2.23. The number of β-amino-alcohol motifs (C(OH)–C–C–N with tert-alkyl or cyclic N) is 1. The van der Waals surface area contributed by atoms with Gasteiger partial charge in [0.2, 0.25) is 5.91 Å². The molecule has 0 spiro atoms. The number of amides is 1. The fraction of sp³-hybridized carbons (Fsp3) is 0.588. The van der Waals surface area contributed by atoms with Crippen molar-refractivity contribution in [2.45, 2.75) is 31.5 Å². The van der Waals surface area contributed by atoms with Crippen molar-refractivity contribution in [2.24, 2.45) is 0 Å². The number of rotatable bonds is 5. The van der Waals surface area contributed by atoms with E-state index in [4.69, 9.17) is 4.74 Å². The number of aliphatic hydroxyl groups excluding tert-OH is 1. The zero-order chi connectivity index (χ0) is 15.4. The van der Waals surface area contributed by atoms with Crippen molar-refractivity contribution < 1.29 is 14.6 Å². The molecular weight excluding hydrogens is 280 g/mol. The monoisotopic (exact) mass is 304 g/mol. The van der Waals surface area contributed by atoms with Crippen LogP contribution in [0.25, 0.3) is 0 Å². The first kappa shape index (κ1) is 15.5. The van der Waals surface area contributed by atoms with Crippen molar-refractivity contribution >= 4 is 5.91 Å². The smallest absolute Gasteiger partial charge is 0.234 e. The highest BCUT2D eigenvalue weighted by atomic mass is 16.5. The van der Waals surface area contributed by atoms with E-state index in [1.165, 1.54) is 11.1 Å². The summed E-state index contributed by atoms with van der Waals surface area (Å²) in [7, 11) is 0. The second kappa shape index (κ2) is 7.22. The van der Waals surface area contributed by atoms with Crippen LogP contribution in [0.3, 0.4) is 0 Å². The molecule has 1 aromatic carbocycles. The predicted molar refractivity (Wildman–Crippen MR) is 83.5 cm³/mol. The molecule has 3 rings (SSSR count). The lowest BCUT2D eigenvalue weighted by Gasteiger charge is -2.30. The molecular formula is C17H24N2O3. The molecule has 0 unspecified atom stereocenters. The minimum atomic E-state index is -0.556. The molecule has 1 heterocycles. The lowest BCUT2D eigenvalue weighted by molar-refractivity contribution is -0.124. The Labute approximate surface area is 131 Å². The number of aliphatic hydroxyl groups is 1. The second-order valence-corrected chi connectivity index (χ2v) is 6.15. The van der Waals surface area contributed by atoms with E-state index in [0.717, 1.165) is 25.8 Å². The molecule has 2 aliphatic rings. The molecule has 1 saturated heterocycles. The number of hydrogen-bond donors (Lipinski definition) is 2. The molecule has 1 aromatic rings. The van der Waals surface area contributed by atoms with E-state index in [0.29, 0.717) is 26.2 Å². The Morgan fingerprint density at radius 3 is 3.14 bits per heavy atom. The van der Waals surface area contributed by atoms with E-state index in [1.807, 2.05) is 11.0 Å². The van der Waals surface area contributed by atoms with Gasteiger partial charge in [0.25, 0.3) is 0 Å². The van der Waals surface area contributed by atoms with Gasteiger partial charge in [0.15, 0.2) is 0 Å². The van der Waals surface area contributed by atoms with Crippen LogP contribution in [0.2, 0.25) is 0 Å². The number of benzene rings is 1. The van der Waals surface area contributed by atoms with Crippen LogP contribution in [0, 0.1) is 0 Å². The van der Waals surface area contributed by atoms with E-state index in [9.17, 15) is 9.90 Å². The van der Waals surface area contributed by atoms with Crippen LogP contribution in [0.15, 0.2) is 24.3 Å². The Hall–Kier alpha value is -1.43. The second-order valence-electron chi connectivity index (χ2n) is 6.15. The van der Waals surface area contributed by atoms with Crippen molar-refractivity contribution in [3.05, 3.63) is 35.4 Å². The zero-order valence-electron chi connectivity index (χ0n) is 12.8. The molecule has 0 aromatic heterocycles. The Bertz CT molecular complexity index is 520. The number of aryl methyl sites for hydroxylation is 1. The third kappa shape index (κ3) is 3.85. The molecule has 120 valence electrons. The molecule has 0 saturated carbocycles. The van der Waals surface area contributed by atoms with Gasteiger partial charge in [0.1, 0.15) is 0 Å². The highest BCUT2D eigenvalue weighted by molar-refractivity contribution is 5.78. The summed E-state index contributed by atoms with van der Waals surface area (Å²) in [6, 6.07) is 8.40. The maximum Gasteiger partial charge on any atom is 0.234 e. The first-order valence-corrected chi connectivity index (χ1v) is 8.09. The average Bonchev–Trinajstić information content (AvgIpc) is 2.53. The van der Waals surface area contributed by atoms with E-state index < -0.39 is 6.10 Å². The minimum Gasteiger partial charge on any atom is -0.389 e. The Kier molecular flexibility index (Phi) is 5.08. The van der Waals surface area contributed by atoms with Gasteiger partial charge in [-0.2, -0.15) is 0 Å². The Morgan fingerprint density at radius 2 is 2.27 bits per heavy atom. The zero-order valence-corrected chi connectivity index (χ0v) is 12.8. The van der Waals surface area contributed by atoms with Gasteiger partial charge in [0, 0.05) is 19.6 Å². The lowest BCUT2D eigenvalue weighted by Crippen LogP contribution is -2.50. The fourth-order valence-electron chi connectivity index (χ4n) is 3.31. The summed E-state index contributed by atoms with van der Waals surface area (Å²) in [4.78, 5) is 13.3. The topological polar surface area (TPSA) is 61.8 Å². The molecule has 1 aliphatic heterocycles. The van der Waals surface area contributed by atoms with Gasteiger partial charge < -0.3 is 15.2 Å². The van der Waals surface area contributed by atoms with Crippen molar-refractivity contribution in [2.75, 3.05) is 32.8 Å². The van der Waals surface area contributed by atoms with Gasteiger partial charge in [-0.05, 0) is 30.4 Å². The summed E-state index contributed by atoms with van der Waals surface area (Å²) >= 11 is 0. The van der Waals surface area contributed by atoms with Crippen LogP contribution in [0.5, 0.6) is 0 Å². The normalized spacial score (nSPS) is 23.7. The molecule has 1 aliphatic carbocycles. The van der Waals surface area contributed by atoms with Crippen molar-refractivity contribution in [3.8, 4) is 0 Å². The third-order valence-electron chi connectivity index (χ3n) is 4.39. The number of ether oxygens (including phenoxy) is 1. The Morgan fingerprint density at radius 1 is 1.41 bits per heavy atom. The van der Waals surface area contributed by atoms with Crippen LogP contribution < -0.4 is 5.32 Å². The molecule has 2 N–H and O–H groups in total. The van der Waals surface area contributed by atoms with Crippen molar-refractivity contribution in [3.63, 3.8) is 0 Å². The van der Waals surface area contributed by atoms with E-state index in [-0.39, 0.29) is 12.0 Å². The summed E-state index contributed by atoms with van der Waals surface area (Å²) in [5.74, 6) is 0.0283.